The molecule has 4 nitrogen and oxygen atoms in total. The number of nitriles is 1. The van der Waals surface area contributed by atoms with Crippen LogP contribution in [0, 0.1) is 11.3 Å². The lowest BCUT2D eigenvalue weighted by molar-refractivity contribution is -0.132. The van der Waals surface area contributed by atoms with E-state index in [4.69, 9.17) is 16.9 Å². The van der Waals surface area contributed by atoms with Gasteiger partial charge in [0.2, 0.25) is 5.91 Å². The lowest BCUT2D eigenvalue weighted by Gasteiger charge is -2.24. The van der Waals surface area contributed by atoms with Crippen LogP contribution < -0.4 is 0 Å². The van der Waals surface area contributed by atoms with Gasteiger partial charge in [0.1, 0.15) is 0 Å². The molecule has 22 heavy (non-hydrogen) atoms. The largest absolute Gasteiger partial charge is 0.337 e. The lowest BCUT2D eigenvalue weighted by atomic mass is 10.1. The summed E-state index contributed by atoms with van der Waals surface area (Å²) < 4.78 is 0.672. The first-order valence-corrected chi connectivity index (χ1v) is 8.11. The van der Waals surface area contributed by atoms with Gasteiger partial charge in [0.05, 0.1) is 22.7 Å². The molecule has 114 valence electrons. The molecule has 0 saturated heterocycles. The fourth-order valence-corrected chi connectivity index (χ4v) is 3.23. The van der Waals surface area contributed by atoms with Crippen LogP contribution in [0.15, 0.2) is 36.7 Å². The Balaban J connectivity index is 2.13. The van der Waals surface area contributed by atoms with Crippen molar-refractivity contribution in [2.24, 2.45) is 0 Å². The molecule has 0 radical (unpaired) electrons. The summed E-state index contributed by atoms with van der Waals surface area (Å²) in [6, 6.07) is 9.53. The highest BCUT2D eigenvalue weighted by molar-refractivity contribution is 7.16. The number of thiophene rings is 1. The Kier molecular flexibility index (Phi) is 5.93. The number of carbonyl (C=O) groups excluding carboxylic acids is 1. The summed E-state index contributed by atoms with van der Waals surface area (Å²) in [6.45, 7) is 2.73. The second-order valence-corrected chi connectivity index (χ2v) is 6.64. The zero-order chi connectivity index (χ0) is 15.9. The highest BCUT2D eigenvalue weighted by Crippen LogP contribution is 2.29. The second-order valence-electron chi connectivity index (χ2n) is 4.89. The molecule has 1 amide bonds. The van der Waals surface area contributed by atoms with Crippen molar-refractivity contribution in [2.75, 3.05) is 6.54 Å². The highest BCUT2D eigenvalue weighted by Gasteiger charge is 2.23. The maximum Gasteiger partial charge on any atom is 0.230 e. The number of rotatable bonds is 6. The van der Waals surface area contributed by atoms with E-state index < -0.39 is 0 Å². The summed E-state index contributed by atoms with van der Waals surface area (Å²) >= 11 is 7.36. The standard InChI is InChI=1S/C16H16ClN3OS/c1-12(14-5-6-15(17)22-14)16(21)20(9-3-7-18)11-13-4-2-8-19-10-13/h2,4-6,8,10,12H,3,9,11H2,1H3/t12-/m1/s1. The number of halogens is 1. The molecule has 0 aliphatic carbocycles. The van der Waals surface area contributed by atoms with E-state index in [-0.39, 0.29) is 11.8 Å². The molecule has 2 rings (SSSR count). The monoisotopic (exact) mass is 333 g/mol. The maximum atomic E-state index is 12.7. The van der Waals surface area contributed by atoms with Crippen LogP contribution in [-0.4, -0.2) is 22.3 Å². The van der Waals surface area contributed by atoms with E-state index in [0.29, 0.717) is 23.8 Å². The Hall–Kier alpha value is -1.90. The number of hydrogen-bond acceptors (Lipinski definition) is 4. The van der Waals surface area contributed by atoms with E-state index in [2.05, 4.69) is 11.1 Å². The molecule has 0 aliphatic heterocycles. The van der Waals surface area contributed by atoms with Crippen LogP contribution in [0.5, 0.6) is 0 Å². The van der Waals surface area contributed by atoms with E-state index in [1.807, 2.05) is 25.1 Å². The summed E-state index contributed by atoms with van der Waals surface area (Å²) in [5, 5.41) is 8.81. The van der Waals surface area contributed by atoms with Crippen molar-refractivity contribution in [3.63, 3.8) is 0 Å². The fourth-order valence-electron chi connectivity index (χ4n) is 2.12. The summed E-state index contributed by atoms with van der Waals surface area (Å²) in [4.78, 5) is 19.4. The van der Waals surface area contributed by atoms with Crippen LogP contribution in [0.4, 0.5) is 0 Å². The third-order valence-corrected chi connectivity index (χ3v) is 4.71. The number of nitrogens with zero attached hydrogens (tertiary/aromatic N) is 3. The number of amides is 1. The molecule has 2 aromatic rings. The van der Waals surface area contributed by atoms with Crippen molar-refractivity contribution in [3.8, 4) is 6.07 Å². The SMILES string of the molecule is C[C@@H](C(=O)N(CCC#N)Cc1cccnc1)c1ccc(Cl)s1. The minimum atomic E-state index is -0.270. The summed E-state index contributed by atoms with van der Waals surface area (Å²) in [6.07, 6.45) is 3.74. The van der Waals surface area contributed by atoms with E-state index in [9.17, 15) is 4.79 Å². The first-order valence-electron chi connectivity index (χ1n) is 6.91. The average Bonchev–Trinajstić information content (AvgIpc) is 2.97. The first-order chi connectivity index (χ1) is 10.6. The topological polar surface area (TPSA) is 57.0 Å². The van der Waals surface area contributed by atoms with Gasteiger partial charge >= 0.3 is 0 Å². The van der Waals surface area contributed by atoms with Crippen LogP contribution >= 0.6 is 22.9 Å². The minimum absolute atomic E-state index is 0.00220. The third-order valence-electron chi connectivity index (χ3n) is 3.29. The molecule has 2 aromatic heterocycles. The predicted octanol–water partition coefficient (Wildman–Crippen LogP) is 3.84. The Morgan fingerprint density at radius 2 is 2.32 bits per heavy atom. The number of aromatic nitrogens is 1. The van der Waals surface area contributed by atoms with Gasteiger partial charge in [-0.15, -0.1) is 11.3 Å². The van der Waals surface area contributed by atoms with Gasteiger partial charge in [-0.1, -0.05) is 17.7 Å². The quantitative estimate of drug-likeness (QED) is 0.807. The molecule has 0 bridgehead atoms. The van der Waals surface area contributed by atoms with Gasteiger partial charge in [0.15, 0.2) is 0 Å². The molecule has 0 saturated carbocycles. The highest BCUT2D eigenvalue weighted by atomic mass is 35.5. The van der Waals surface area contributed by atoms with Gasteiger partial charge in [-0.3, -0.25) is 9.78 Å². The third kappa shape index (κ3) is 4.30. The van der Waals surface area contributed by atoms with Gasteiger partial charge in [-0.2, -0.15) is 5.26 Å². The van der Waals surface area contributed by atoms with Gasteiger partial charge < -0.3 is 4.90 Å². The Morgan fingerprint density at radius 3 is 2.91 bits per heavy atom. The van der Waals surface area contributed by atoms with Crippen LogP contribution in [0.2, 0.25) is 4.34 Å². The van der Waals surface area contributed by atoms with Crippen molar-refractivity contribution < 1.29 is 4.79 Å². The van der Waals surface area contributed by atoms with E-state index >= 15 is 0 Å². The lowest BCUT2D eigenvalue weighted by Crippen LogP contribution is -2.34. The maximum absolute atomic E-state index is 12.7. The molecule has 0 N–H and O–H groups in total. The molecule has 6 heteroatoms. The molecule has 0 aromatic carbocycles. The van der Waals surface area contributed by atoms with Gasteiger partial charge in [0.25, 0.3) is 0 Å². The summed E-state index contributed by atoms with van der Waals surface area (Å²) in [5.74, 6) is -0.273. The summed E-state index contributed by atoms with van der Waals surface area (Å²) in [5.41, 5.74) is 0.949. The molecule has 1 atom stereocenters. The first kappa shape index (κ1) is 16.5. The van der Waals surface area contributed by atoms with Crippen LogP contribution in [0.3, 0.4) is 0 Å². The average molecular weight is 334 g/mol. The van der Waals surface area contributed by atoms with Crippen LogP contribution in [0.1, 0.15) is 29.7 Å². The van der Waals surface area contributed by atoms with E-state index in [0.717, 1.165) is 10.4 Å². The second kappa shape index (κ2) is 7.92. The molecule has 2 heterocycles. The number of hydrogen-bond donors (Lipinski definition) is 0. The zero-order valence-corrected chi connectivity index (χ0v) is 13.8. The molecule has 0 unspecified atom stereocenters. The van der Waals surface area contributed by atoms with Gasteiger partial charge in [-0.05, 0) is 30.7 Å². The molecular formula is C16H16ClN3OS. The van der Waals surface area contributed by atoms with Crippen molar-refractivity contribution in [1.29, 1.82) is 5.26 Å². The molecular weight excluding hydrogens is 318 g/mol. The minimum Gasteiger partial charge on any atom is -0.337 e. The normalized spacial score (nSPS) is 11.7. The van der Waals surface area contributed by atoms with Gasteiger partial charge in [0, 0.05) is 30.4 Å². The summed E-state index contributed by atoms with van der Waals surface area (Å²) in [7, 11) is 0. The van der Waals surface area contributed by atoms with Crippen molar-refractivity contribution in [3.05, 3.63) is 51.4 Å². The molecule has 0 spiro atoms. The Labute approximate surface area is 139 Å². The smallest absolute Gasteiger partial charge is 0.230 e. The molecule has 0 fully saturated rings. The predicted molar refractivity (Wildman–Crippen MR) is 87.6 cm³/mol. The Morgan fingerprint density at radius 1 is 1.50 bits per heavy atom. The molecule has 0 aliphatic rings. The number of pyridine rings is 1. The van der Waals surface area contributed by atoms with E-state index in [1.165, 1.54) is 11.3 Å². The van der Waals surface area contributed by atoms with Crippen LogP contribution in [0.25, 0.3) is 0 Å². The van der Waals surface area contributed by atoms with Crippen molar-refractivity contribution in [1.82, 2.24) is 9.88 Å². The van der Waals surface area contributed by atoms with Crippen LogP contribution in [-0.2, 0) is 11.3 Å². The van der Waals surface area contributed by atoms with Gasteiger partial charge in [-0.25, -0.2) is 0 Å². The zero-order valence-electron chi connectivity index (χ0n) is 12.2. The fraction of sp³-hybridized carbons (Fsp3) is 0.312. The van der Waals surface area contributed by atoms with E-state index in [1.54, 1.807) is 23.4 Å². The van der Waals surface area contributed by atoms with Crippen molar-refractivity contribution in [2.45, 2.75) is 25.8 Å². The Bertz CT molecular complexity index is 666. The van der Waals surface area contributed by atoms with Crippen molar-refractivity contribution >= 4 is 28.8 Å². The number of carbonyl (C=O) groups is 1.